The lowest BCUT2D eigenvalue weighted by Gasteiger charge is -2.23. The van der Waals surface area contributed by atoms with Crippen molar-refractivity contribution in [3.05, 3.63) is 15.9 Å². The maximum absolute atomic E-state index is 11.7. The fourth-order valence-electron chi connectivity index (χ4n) is 1.92. The molecule has 0 saturated carbocycles. The molecule has 6 heteroatoms. The zero-order chi connectivity index (χ0) is 14.6. The Morgan fingerprint density at radius 1 is 1.47 bits per heavy atom. The van der Waals surface area contributed by atoms with E-state index in [1.165, 1.54) is 0 Å². The molecular weight excluding hydrogens is 308 g/mol. The molecule has 0 radical (unpaired) electrons. The molecule has 0 aliphatic heterocycles. The fourth-order valence-corrected chi connectivity index (χ4v) is 2.68. The molecule has 0 unspecified atom stereocenters. The average Bonchev–Trinajstić information content (AvgIpc) is 2.64. The topological polar surface area (TPSA) is 59.0 Å². The average molecular weight is 331 g/mol. The highest BCUT2D eigenvalue weighted by Gasteiger charge is 2.26. The number of hydrogen-bond donors (Lipinski definition) is 2. The smallest absolute Gasteiger partial charge is 0.226 e. The van der Waals surface area contributed by atoms with E-state index in [2.05, 4.69) is 38.6 Å². The van der Waals surface area contributed by atoms with Crippen molar-refractivity contribution < 1.29 is 4.79 Å². The molecule has 0 bridgehead atoms. The van der Waals surface area contributed by atoms with Crippen LogP contribution in [0.5, 0.6) is 0 Å². The Hall–Kier alpha value is -0.880. The van der Waals surface area contributed by atoms with Gasteiger partial charge in [-0.3, -0.25) is 9.48 Å². The van der Waals surface area contributed by atoms with E-state index in [0.717, 1.165) is 22.3 Å². The molecule has 0 spiro atoms. The zero-order valence-electron chi connectivity index (χ0n) is 12.3. The van der Waals surface area contributed by atoms with Crippen LogP contribution < -0.4 is 10.6 Å². The summed E-state index contributed by atoms with van der Waals surface area (Å²) in [5.41, 5.74) is 1.74. The van der Waals surface area contributed by atoms with E-state index >= 15 is 0 Å². The summed E-state index contributed by atoms with van der Waals surface area (Å²) in [6.07, 6.45) is 0.901. The van der Waals surface area contributed by atoms with Crippen LogP contribution in [0.1, 0.15) is 32.2 Å². The number of nitrogens with one attached hydrogen (secondary N) is 2. The van der Waals surface area contributed by atoms with Crippen LogP contribution in [0.4, 0.5) is 0 Å². The van der Waals surface area contributed by atoms with Gasteiger partial charge in [0.15, 0.2) is 0 Å². The number of carbonyl (C=O) groups is 1. The standard InChI is InChI=1S/C13H23BrN4O/c1-6-9-11(14)10(18(5)17-9)7-16-8-13(2,3)12(19)15-4/h16H,6-8H2,1-5H3,(H,15,19). The van der Waals surface area contributed by atoms with E-state index in [1.54, 1.807) is 7.05 Å². The summed E-state index contributed by atoms with van der Waals surface area (Å²) in [6.45, 7) is 7.23. The van der Waals surface area contributed by atoms with Crippen LogP contribution in [0.3, 0.4) is 0 Å². The molecule has 1 aromatic rings. The van der Waals surface area contributed by atoms with Crippen molar-refractivity contribution in [1.29, 1.82) is 0 Å². The highest BCUT2D eigenvalue weighted by atomic mass is 79.9. The second-order valence-electron chi connectivity index (χ2n) is 5.25. The van der Waals surface area contributed by atoms with Crippen LogP contribution >= 0.6 is 15.9 Å². The predicted octanol–water partition coefficient (Wildman–Crippen LogP) is 1.61. The van der Waals surface area contributed by atoms with E-state index in [4.69, 9.17) is 0 Å². The molecule has 1 heterocycles. The van der Waals surface area contributed by atoms with Crippen molar-refractivity contribution in [2.75, 3.05) is 13.6 Å². The maximum atomic E-state index is 11.7. The number of nitrogens with zero attached hydrogens (tertiary/aromatic N) is 2. The Balaban J connectivity index is 2.63. The normalized spacial score (nSPS) is 11.7. The number of rotatable bonds is 6. The van der Waals surface area contributed by atoms with E-state index in [0.29, 0.717) is 13.1 Å². The summed E-state index contributed by atoms with van der Waals surface area (Å²) in [4.78, 5) is 11.7. The SMILES string of the molecule is CCc1nn(C)c(CNCC(C)(C)C(=O)NC)c1Br. The van der Waals surface area contributed by atoms with Gasteiger partial charge >= 0.3 is 0 Å². The van der Waals surface area contributed by atoms with Crippen molar-refractivity contribution >= 4 is 21.8 Å². The molecular formula is C13H23BrN4O. The number of aryl methyl sites for hydroxylation is 2. The van der Waals surface area contributed by atoms with Gasteiger partial charge in [-0.25, -0.2) is 0 Å². The molecule has 0 fully saturated rings. The summed E-state index contributed by atoms with van der Waals surface area (Å²) in [5.74, 6) is 0.0401. The van der Waals surface area contributed by atoms with E-state index in [-0.39, 0.29) is 5.91 Å². The fraction of sp³-hybridized carbons (Fsp3) is 0.692. The van der Waals surface area contributed by atoms with Gasteiger partial charge in [-0.2, -0.15) is 5.10 Å². The van der Waals surface area contributed by atoms with Gasteiger partial charge in [0.2, 0.25) is 5.91 Å². The Morgan fingerprint density at radius 3 is 2.58 bits per heavy atom. The van der Waals surface area contributed by atoms with E-state index in [9.17, 15) is 4.79 Å². The van der Waals surface area contributed by atoms with Gasteiger partial charge in [0.05, 0.1) is 21.3 Å². The lowest BCUT2D eigenvalue weighted by atomic mass is 9.92. The quantitative estimate of drug-likeness (QED) is 0.833. The molecule has 0 aliphatic rings. The summed E-state index contributed by atoms with van der Waals surface area (Å²) >= 11 is 3.58. The Morgan fingerprint density at radius 2 is 2.11 bits per heavy atom. The van der Waals surface area contributed by atoms with Crippen molar-refractivity contribution in [1.82, 2.24) is 20.4 Å². The third-order valence-corrected chi connectivity index (χ3v) is 4.12. The van der Waals surface area contributed by atoms with Crippen molar-refractivity contribution in [2.45, 2.75) is 33.7 Å². The monoisotopic (exact) mass is 330 g/mol. The number of hydrogen-bond acceptors (Lipinski definition) is 3. The highest BCUT2D eigenvalue weighted by molar-refractivity contribution is 9.10. The highest BCUT2D eigenvalue weighted by Crippen LogP contribution is 2.21. The minimum atomic E-state index is -0.423. The molecule has 0 atom stereocenters. The minimum absolute atomic E-state index is 0.0401. The first kappa shape index (κ1) is 16.2. The number of carbonyl (C=O) groups excluding carboxylic acids is 1. The Bertz CT molecular complexity index is 454. The molecule has 5 nitrogen and oxygen atoms in total. The lowest BCUT2D eigenvalue weighted by Crippen LogP contribution is -2.42. The van der Waals surface area contributed by atoms with Gasteiger partial charge in [-0.1, -0.05) is 6.92 Å². The van der Waals surface area contributed by atoms with E-state index < -0.39 is 5.41 Å². The summed E-state index contributed by atoms with van der Waals surface area (Å²) < 4.78 is 2.94. The molecule has 1 rings (SSSR count). The molecule has 1 aromatic heterocycles. The van der Waals surface area contributed by atoms with Gasteiger partial charge in [0.1, 0.15) is 0 Å². The van der Waals surface area contributed by atoms with Gasteiger partial charge in [0, 0.05) is 27.2 Å². The van der Waals surface area contributed by atoms with Crippen LogP contribution in [0.15, 0.2) is 4.47 Å². The molecule has 2 N–H and O–H groups in total. The molecule has 108 valence electrons. The molecule has 19 heavy (non-hydrogen) atoms. The van der Waals surface area contributed by atoms with Gasteiger partial charge < -0.3 is 10.6 Å². The third-order valence-electron chi connectivity index (χ3n) is 3.20. The predicted molar refractivity (Wildman–Crippen MR) is 79.8 cm³/mol. The van der Waals surface area contributed by atoms with Crippen LogP contribution in [-0.4, -0.2) is 29.3 Å². The molecule has 0 aliphatic carbocycles. The number of aromatic nitrogens is 2. The van der Waals surface area contributed by atoms with Gasteiger partial charge in [-0.05, 0) is 36.2 Å². The van der Waals surface area contributed by atoms with Crippen molar-refractivity contribution in [3.8, 4) is 0 Å². The summed E-state index contributed by atoms with van der Waals surface area (Å²) in [5, 5.41) is 10.5. The lowest BCUT2D eigenvalue weighted by molar-refractivity contribution is -0.128. The van der Waals surface area contributed by atoms with Crippen molar-refractivity contribution in [3.63, 3.8) is 0 Å². The van der Waals surface area contributed by atoms with Crippen LogP contribution in [0.25, 0.3) is 0 Å². The van der Waals surface area contributed by atoms with Crippen LogP contribution in [-0.2, 0) is 24.8 Å². The second-order valence-corrected chi connectivity index (χ2v) is 6.04. The summed E-state index contributed by atoms with van der Waals surface area (Å²) in [7, 11) is 3.60. The van der Waals surface area contributed by atoms with Gasteiger partial charge in [0.25, 0.3) is 0 Å². The first-order chi connectivity index (χ1) is 8.83. The third kappa shape index (κ3) is 3.79. The second kappa shape index (κ2) is 6.52. The largest absolute Gasteiger partial charge is 0.359 e. The molecule has 1 amide bonds. The first-order valence-electron chi connectivity index (χ1n) is 6.46. The molecule has 0 saturated heterocycles. The Kier molecular flexibility index (Phi) is 5.55. The summed E-state index contributed by atoms with van der Waals surface area (Å²) in [6, 6.07) is 0. The zero-order valence-corrected chi connectivity index (χ0v) is 13.9. The van der Waals surface area contributed by atoms with Crippen LogP contribution in [0.2, 0.25) is 0 Å². The number of halogens is 1. The van der Waals surface area contributed by atoms with Crippen LogP contribution in [0, 0.1) is 5.41 Å². The molecule has 0 aromatic carbocycles. The van der Waals surface area contributed by atoms with Crippen molar-refractivity contribution in [2.24, 2.45) is 12.5 Å². The maximum Gasteiger partial charge on any atom is 0.226 e. The first-order valence-corrected chi connectivity index (χ1v) is 7.26. The number of amides is 1. The Labute approximate surface area is 123 Å². The minimum Gasteiger partial charge on any atom is -0.359 e. The van der Waals surface area contributed by atoms with E-state index in [1.807, 2.05) is 25.6 Å². The van der Waals surface area contributed by atoms with Gasteiger partial charge in [-0.15, -0.1) is 0 Å².